The molecule has 1 aliphatic carbocycles. The Kier molecular flexibility index (Phi) is 4.73. The maximum absolute atomic E-state index is 6.24. The molecule has 1 aliphatic rings. The van der Waals surface area contributed by atoms with Gasteiger partial charge in [-0.25, -0.2) is 0 Å². The second-order valence-electron chi connectivity index (χ2n) is 6.16. The van der Waals surface area contributed by atoms with E-state index in [1.54, 1.807) is 7.11 Å². The van der Waals surface area contributed by atoms with Gasteiger partial charge in [-0.1, -0.05) is 27.2 Å². The number of hydrogen-bond donors (Lipinski definition) is 0. The Morgan fingerprint density at radius 3 is 2.26 bits per heavy atom. The fraction of sp³-hybridized carbons (Fsp3) is 0.647. The van der Waals surface area contributed by atoms with Gasteiger partial charge in [0.2, 0.25) is 0 Å². The molecule has 0 aromatic heterocycles. The summed E-state index contributed by atoms with van der Waals surface area (Å²) in [6.07, 6.45) is 4.16. The molecule has 0 spiro atoms. The van der Waals surface area contributed by atoms with Crippen molar-refractivity contribution in [2.75, 3.05) is 7.11 Å². The molecule has 2 nitrogen and oxygen atoms in total. The molecule has 0 radical (unpaired) electrons. The SMILES string of the molecule is COc1ccc(OC2CC(C)CCC2C(C)C)cc1. The fourth-order valence-corrected chi connectivity index (χ4v) is 3.08. The van der Waals surface area contributed by atoms with Crippen LogP contribution in [0.3, 0.4) is 0 Å². The van der Waals surface area contributed by atoms with Crippen LogP contribution in [0.25, 0.3) is 0 Å². The van der Waals surface area contributed by atoms with Crippen LogP contribution >= 0.6 is 0 Å². The molecule has 106 valence electrons. The highest BCUT2D eigenvalue weighted by Crippen LogP contribution is 2.36. The Morgan fingerprint density at radius 2 is 1.68 bits per heavy atom. The van der Waals surface area contributed by atoms with Crippen molar-refractivity contribution in [2.45, 2.75) is 46.1 Å². The van der Waals surface area contributed by atoms with Crippen molar-refractivity contribution in [1.82, 2.24) is 0 Å². The van der Waals surface area contributed by atoms with E-state index in [1.165, 1.54) is 19.3 Å². The summed E-state index contributed by atoms with van der Waals surface area (Å²) >= 11 is 0. The maximum atomic E-state index is 6.24. The van der Waals surface area contributed by atoms with Gasteiger partial charge in [0, 0.05) is 0 Å². The molecule has 3 unspecified atom stereocenters. The summed E-state index contributed by atoms with van der Waals surface area (Å²) in [6, 6.07) is 7.95. The molecule has 3 atom stereocenters. The van der Waals surface area contributed by atoms with Crippen LogP contribution in [0.4, 0.5) is 0 Å². The van der Waals surface area contributed by atoms with E-state index in [2.05, 4.69) is 20.8 Å². The zero-order chi connectivity index (χ0) is 13.8. The normalized spacial score (nSPS) is 27.3. The number of benzene rings is 1. The molecule has 2 rings (SSSR count). The molecule has 0 heterocycles. The maximum Gasteiger partial charge on any atom is 0.120 e. The molecular weight excluding hydrogens is 236 g/mol. The third-order valence-corrected chi connectivity index (χ3v) is 4.31. The Balaban J connectivity index is 2.05. The highest BCUT2D eigenvalue weighted by molar-refractivity contribution is 5.31. The molecule has 0 amide bonds. The van der Waals surface area contributed by atoms with Gasteiger partial charge in [0.25, 0.3) is 0 Å². The quantitative estimate of drug-likeness (QED) is 0.793. The lowest BCUT2D eigenvalue weighted by Gasteiger charge is -2.37. The molecule has 1 aromatic rings. The van der Waals surface area contributed by atoms with E-state index in [0.29, 0.717) is 17.9 Å². The van der Waals surface area contributed by atoms with Crippen LogP contribution in [0.2, 0.25) is 0 Å². The lowest BCUT2D eigenvalue weighted by atomic mass is 9.75. The second-order valence-corrected chi connectivity index (χ2v) is 6.16. The molecule has 0 saturated heterocycles. The first-order chi connectivity index (χ1) is 9.10. The highest BCUT2D eigenvalue weighted by Gasteiger charge is 2.32. The summed E-state index contributed by atoms with van der Waals surface area (Å²) in [5.74, 6) is 3.99. The van der Waals surface area contributed by atoms with Crippen molar-refractivity contribution in [3.8, 4) is 11.5 Å². The lowest BCUT2D eigenvalue weighted by Crippen LogP contribution is -2.36. The van der Waals surface area contributed by atoms with Gasteiger partial charge < -0.3 is 9.47 Å². The Morgan fingerprint density at radius 1 is 1.05 bits per heavy atom. The zero-order valence-electron chi connectivity index (χ0n) is 12.6. The predicted octanol–water partition coefficient (Wildman–Crippen LogP) is 4.53. The number of rotatable bonds is 4. The van der Waals surface area contributed by atoms with Crippen LogP contribution < -0.4 is 9.47 Å². The van der Waals surface area contributed by atoms with Gasteiger partial charge in [0.15, 0.2) is 0 Å². The van der Waals surface area contributed by atoms with Crippen LogP contribution in [0.5, 0.6) is 11.5 Å². The van der Waals surface area contributed by atoms with Crippen LogP contribution in [0.1, 0.15) is 40.0 Å². The minimum atomic E-state index is 0.358. The smallest absolute Gasteiger partial charge is 0.120 e. The van der Waals surface area contributed by atoms with Crippen LogP contribution in [-0.2, 0) is 0 Å². The summed E-state index contributed by atoms with van der Waals surface area (Å²) in [5, 5.41) is 0. The summed E-state index contributed by atoms with van der Waals surface area (Å²) in [4.78, 5) is 0. The van der Waals surface area contributed by atoms with Crippen molar-refractivity contribution in [3.63, 3.8) is 0 Å². The van der Waals surface area contributed by atoms with Gasteiger partial charge in [-0.15, -0.1) is 0 Å². The first kappa shape index (κ1) is 14.2. The summed E-state index contributed by atoms with van der Waals surface area (Å²) < 4.78 is 11.4. The molecule has 1 saturated carbocycles. The van der Waals surface area contributed by atoms with E-state index >= 15 is 0 Å². The van der Waals surface area contributed by atoms with Crippen LogP contribution in [0, 0.1) is 17.8 Å². The van der Waals surface area contributed by atoms with E-state index in [4.69, 9.17) is 9.47 Å². The van der Waals surface area contributed by atoms with Crippen molar-refractivity contribution in [1.29, 1.82) is 0 Å². The van der Waals surface area contributed by atoms with Gasteiger partial charge in [-0.3, -0.25) is 0 Å². The summed E-state index contributed by atoms with van der Waals surface area (Å²) in [7, 11) is 1.69. The van der Waals surface area contributed by atoms with Crippen molar-refractivity contribution in [3.05, 3.63) is 24.3 Å². The van der Waals surface area contributed by atoms with Crippen LogP contribution in [0.15, 0.2) is 24.3 Å². The van der Waals surface area contributed by atoms with Gasteiger partial charge in [-0.2, -0.15) is 0 Å². The van der Waals surface area contributed by atoms with E-state index in [9.17, 15) is 0 Å². The third kappa shape index (κ3) is 3.65. The minimum Gasteiger partial charge on any atom is -0.497 e. The molecule has 1 fully saturated rings. The van der Waals surface area contributed by atoms with E-state index in [0.717, 1.165) is 17.4 Å². The predicted molar refractivity (Wildman–Crippen MR) is 78.8 cm³/mol. The average Bonchev–Trinajstić information content (AvgIpc) is 2.39. The summed E-state index contributed by atoms with van der Waals surface area (Å²) in [5.41, 5.74) is 0. The van der Waals surface area contributed by atoms with E-state index in [-0.39, 0.29) is 0 Å². The minimum absolute atomic E-state index is 0.358. The van der Waals surface area contributed by atoms with E-state index in [1.807, 2.05) is 24.3 Å². The van der Waals surface area contributed by atoms with E-state index < -0.39 is 0 Å². The Labute approximate surface area is 117 Å². The lowest BCUT2D eigenvalue weighted by molar-refractivity contribution is 0.0460. The Bertz CT molecular complexity index is 383. The third-order valence-electron chi connectivity index (χ3n) is 4.31. The zero-order valence-corrected chi connectivity index (χ0v) is 12.6. The first-order valence-corrected chi connectivity index (χ1v) is 7.41. The average molecular weight is 262 g/mol. The molecule has 0 bridgehead atoms. The molecule has 2 heteroatoms. The monoisotopic (exact) mass is 262 g/mol. The van der Waals surface area contributed by atoms with Gasteiger partial charge in [0.05, 0.1) is 7.11 Å². The number of ether oxygens (including phenoxy) is 2. The number of methoxy groups -OCH3 is 1. The highest BCUT2D eigenvalue weighted by atomic mass is 16.5. The summed E-state index contributed by atoms with van der Waals surface area (Å²) in [6.45, 7) is 6.96. The molecule has 19 heavy (non-hydrogen) atoms. The number of hydrogen-bond acceptors (Lipinski definition) is 2. The topological polar surface area (TPSA) is 18.5 Å². The molecule has 0 aliphatic heterocycles. The molecule has 1 aromatic carbocycles. The standard InChI is InChI=1S/C17H26O2/c1-12(2)16-10-5-13(3)11-17(16)19-15-8-6-14(18-4)7-9-15/h6-9,12-13,16-17H,5,10-11H2,1-4H3. The van der Waals surface area contributed by atoms with Crippen molar-refractivity contribution < 1.29 is 9.47 Å². The van der Waals surface area contributed by atoms with Gasteiger partial charge in [0.1, 0.15) is 17.6 Å². The fourth-order valence-electron chi connectivity index (χ4n) is 3.08. The van der Waals surface area contributed by atoms with Crippen LogP contribution in [-0.4, -0.2) is 13.2 Å². The van der Waals surface area contributed by atoms with Gasteiger partial charge in [-0.05, 0) is 54.9 Å². The largest absolute Gasteiger partial charge is 0.497 e. The molecule has 0 N–H and O–H groups in total. The van der Waals surface area contributed by atoms with Crippen molar-refractivity contribution in [2.24, 2.45) is 17.8 Å². The van der Waals surface area contributed by atoms with Gasteiger partial charge >= 0.3 is 0 Å². The Hall–Kier alpha value is -1.18. The van der Waals surface area contributed by atoms with Crippen molar-refractivity contribution >= 4 is 0 Å². The first-order valence-electron chi connectivity index (χ1n) is 7.41. The molecular formula is C17H26O2. The second kappa shape index (κ2) is 6.31.